The molecule has 1 fully saturated rings. The summed E-state index contributed by atoms with van der Waals surface area (Å²) in [6.45, 7) is 2.09. The fourth-order valence-electron chi connectivity index (χ4n) is 2.05. The van der Waals surface area contributed by atoms with E-state index in [9.17, 15) is 4.79 Å². The van der Waals surface area contributed by atoms with Gasteiger partial charge in [-0.15, -0.1) is 0 Å². The lowest BCUT2D eigenvalue weighted by Gasteiger charge is -2.15. The van der Waals surface area contributed by atoms with Crippen LogP contribution in [0.2, 0.25) is 0 Å². The van der Waals surface area contributed by atoms with Crippen LogP contribution in [0.15, 0.2) is 24.3 Å². The van der Waals surface area contributed by atoms with Crippen molar-refractivity contribution in [1.29, 1.82) is 0 Å². The van der Waals surface area contributed by atoms with Crippen LogP contribution in [0.1, 0.15) is 24.9 Å². The van der Waals surface area contributed by atoms with E-state index in [0.29, 0.717) is 6.04 Å². The molecule has 2 rings (SSSR count). The SMILES string of the molecule is CNC(C)c1cccc(NC(=O)NC2CCSC2)c1. The van der Waals surface area contributed by atoms with Crippen molar-refractivity contribution in [2.75, 3.05) is 23.9 Å². The average molecular weight is 279 g/mol. The molecule has 2 unspecified atom stereocenters. The highest BCUT2D eigenvalue weighted by molar-refractivity contribution is 7.99. The predicted molar refractivity (Wildman–Crippen MR) is 81.8 cm³/mol. The minimum atomic E-state index is -0.109. The molecule has 2 atom stereocenters. The first-order valence-corrected chi connectivity index (χ1v) is 7.77. The third kappa shape index (κ3) is 4.14. The summed E-state index contributed by atoms with van der Waals surface area (Å²) in [4.78, 5) is 11.9. The van der Waals surface area contributed by atoms with Gasteiger partial charge in [0.25, 0.3) is 0 Å². The van der Waals surface area contributed by atoms with Gasteiger partial charge in [-0.3, -0.25) is 0 Å². The normalized spacial score (nSPS) is 20.0. The molecule has 0 saturated carbocycles. The van der Waals surface area contributed by atoms with E-state index in [1.54, 1.807) is 0 Å². The monoisotopic (exact) mass is 279 g/mol. The number of carbonyl (C=O) groups is 1. The second-order valence-corrected chi connectivity index (χ2v) is 5.94. The number of amides is 2. The van der Waals surface area contributed by atoms with Gasteiger partial charge in [0.2, 0.25) is 0 Å². The van der Waals surface area contributed by atoms with E-state index < -0.39 is 0 Å². The van der Waals surface area contributed by atoms with Gasteiger partial charge >= 0.3 is 6.03 Å². The van der Waals surface area contributed by atoms with Crippen molar-refractivity contribution in [3.8, 4) is 0 Å². The average Bonchev–Trinajstić information content (AvgIpc) is 2.90. The minimum absolute atomic E-state index is 0.109. The molecule has 4 nitrogen and oxygen atoms in total. The number of benzene rings is 1. The van der Waals surface area contributed by atoms with Crippen LogP contribution in [0.25, 0.3) is 0 Å². The summed E-state index contributed by atoms with van der Waals surface area (Å²) in [6, 6.07) is 8.41. The third-order valence-electron chi connectivity index (χ3n) is 3.34. The Balaban J connectivity index is 1.92. The van der Waals surface area contributed by atoms with Crippen LogP contribution in [-0.4, -0.2) is 30.6 Å². The Morgan fingerprint density at radius 2 is 2.32 bits per heavy atom. The van der Waals surface area contributed by atoms with E-state index in [0.717, 1.165) is 29.2 Å². The quantitative estimate of drug-likeness (QED) is 0.794. The van der Waals surface area contributed by atoms with E-state index in [-0.39, 0.29) is 12.1 Å². The molecule has 0 aliphatic carbocycles. The Morgan fingerprint density at radius 3 is 3.00 bits per heavy atom. The topological polar surface area (TPSA) is 53.2 Å². The lowest BCUT2D eigenvalue weighted by molar-refractivity contribution is 0.249. The summed E-state index contributed by atoms with van der Waals surface area (Å²) in [5, 5.41) is 9.09. The number of thioether (sulfide) groups is 1. The number of anilines is 1. The molecule has 0 radical (unpaired) electrons. The van der Waals surface area contributed by atoms with Crippen LogP contribution in [0.3, 0.4) is 0 Å². The summed E-state index contributed by atoms with van der Waals surface area (Å²) >= 11 is 1.89. The standard InChI is InChI=1S/C14H21N3OS/c1-10(15-2)11-4-3-5-12(8-11)16-14(18)17-13-6-7-19-9-13/h3-5,8,10,13,15H,6-7,9H2,1-2H3,(H2,16,17,18). The molecule has 0 aromatic heterocycles. The Hall–Kier alpha value is -1.20. The summed E-state index contributed by atoms with van der Waals surface area (Å²) in [5.41, 5.74) is 2.00. The minimum Gasteiger partial charge on any atom is -0.334 e. The van der Waals surface area contributed by atoms with Gasteiger partial charge in [0.15, 0.2) is 0 Å². The van der Waals surface area contributed by atoms with Gasteiger partial charge in [-0.1, -0.05) is 12.1 Å². The molecule has 1 aliphatic heterocycles. The van der Waals surface area contributed by atoms with Crippen LogP contribution >= 0.6 is 11.8 Å². The first kappa shape index (κ1) is 14.2. The molecule has 19 heavy (non-hydrogen) atoms. The molecule has 1 aromatic carbocycles. The number of hydrogen-bond acceptors (Lipinski definition) is 3. The maximum Gasteiger partial charge on any atom is 0.319 e. The maximum absolute atomic E-state index is 11.9. The van der Waals surface area contributed by atoms with E-state index in [2.05, 4.69) is 28.9 Å². The Morgan fingerprint density at radius 1 is 1.47 bits per heavy atom. The number of rotatable bonds is 4. The van der Waals surface area contributed by atoms with E-state index in [4.69, 9.17) is 0 Å². The number of urea groups is 1. The predicted octanol–water partition coefficient (Wildman–Crippen LogP) is 2.59. The van der Waals surface area contributed by atoms with Crippen molar-refractivity contribution < 1.29 is 4.79 Å². The van der Waals surface area contributed by atoms with Gasteiger partial charge < -0.3 is 16.0 Å². The van der Waals surface area contributed by atoms with Gasteiger partial charge in [-0.05, 0) is 43.8 Å². The van der Waals surface area contributed by atoms with Crippen molar-refractivity contribution in [3.63, 3.8) is 0 Å². The highest BCUT2D eigenvalue weighted by Gasteiger charge is 2.17. The number of nitrogens with one attached hydrogen (secondary N) is 3. The number of carbonyl (C=O) groups excluding carboxylic acids is 1. The molecule has 1 aliphatic rings. The third-order valence-corrected chi connectivity index (χ3v) is 4.50. The molecule has 104 valence electrons. The lowest BCUT2D eigenvalue weighted by Crippen LogP contribution is -2.37. The molecule has 0 bridgehead atoms. The van der Waals surface area contributed by atoms with Crippen LogP contribution in [0, 0.1) is 0 Å². The second kappa shape index (κ2) is 6.82. The van der Waals surface area contributed by atoms with E-state index >= 15 is 0 Å². The molecule has 1 aromatic rings. The van der Waals surface area contributed by atoms with Crippen molar-refractivity contribution in [2.24, 2.45) is 0 Å². The maximum atomic E-state index is 11.9. The van der Waals surface area contributed by atoms with Gasteiger partial charge in [0, 0.05) is 23.5 Å². The molecule has 3 N–H and O–H groups in total. The van der Waals surface area contributed by atoms with Crippen LogP contribution in [0.4, 0.5) is 10.5 Å². The first-order chi connectivity index (χ1) is 9.19. The summed E-state index contributed by atoms with van der Waals surface area (Å²) in [7, 11) is 1.93. The largest absolute Gasteiger partial charge is 0.334 e. The van der Waals surface area contributed by atoms with Crippen molar-refractivity contribution in [3.05, 3.63) is 29.8 Å². The zero-order valence-electron chi connectivity index (χ0n) is 11.4. The second-order valence-electron chi connectivity index (χ2n) is 4.79. The molecule has 1 saturated heterocycles. The summed E-state index contributed by atoms with van der Waals surface area (Å²) in [5.74, 6) is 2.16. The van der Waals surface area contributed by atoms with Gasteiger partial charge in [0.05, 0.1) is 0 Å². The molecular formula is C14H21N3OS. The molecule has 2 amide bonds. The van der Waals surface area contributed by atoms with Crippen LogP contribution < -0.4 is 16.0 Å². The lowest BCUT2D eigenvalue weighted by atomic mass is 10.1. The smallest absolute Gasteiger partial charge is 0.319 e. The van der Waals surface area contributed by atoms with E-state index in [1.165, 1.54) is 0 Å². The van der Waals surface area contributed by atoms with Crippen LogP contribution in [-0.2, 0) is 0 Å². The molecule has 1 heterocycles. The summed E-state index contributed by atoms with van der Waals surface area (Å²) in [6.07, 6.45) is 1.06. The zero-order valence-corrected chi connectivity index (χ0v) is 12.2. The highest BCUT2D eigenvalue weighted by Crippen LogP contribution is 2.18. The van der Waals surface area contributed by atoms with Gasteiger partial charge in [0.1, 0.15) is 0 Å². The molecule has 5 heteroatoms. The van der Waals surface area contributed by atoms with E-state index in [1.807, 2.05) is 37.0 Å². The van der Waals surface area contributed by atoms with Crippen molar-refractivity contribution in [2.45, 2.75) is 25.4 Å². The Labute approximate surface area is 118 Å². The number of hydrogen-bond donors (Lipinski definition) is 3. The van der Waals surface area contributed by atoms with Crippen LogP contribution in [0.5, 0.6) is 0 Å². The fourth-order valence-corrected chi connectivity index (χ4v) is 3.21. The van der Waals surface area contributed by atoms with Gasteiger partial charge in [-0.2, -0.15) is 11.8 Å². The molecular weight excluding hydrogens is 258 g/mol. The Bertz CT molecular complexity index is 432. The van der Waals surface area contributed by atoms with Crippen molar-refractivity contribution >= 4 is 23.5 Å². The van der Waals surface area contributed by atoms with Gasteiger partial charge in [-0.25, -0.2) is 4.79 Å². The zero-order chi connectivity index (χ0) is 13.7. The van der Waals surface area contributed by atoms with Crippen molar-refractivity contribution in [1.82, 2.24) is 10.6 Å². The Kier molecular flexibility index (Phi) is 5.10. The fraction of sp³-hybridized carbons (Fsp3) is 0.500. The molecule has 0 spiro atoms. The first-order valence-electron chi connectivity index (χ1n) is 6.61. The highest BCUT2D eigenvalue weighted by atomic mass is 32.2. The summed E-state index contributed by atoms with van der Waals surface area (Å²) < 4.78 is 0.